The molecule has 1 saturated heterocycles. The molecule has 0 saturated carbocycles. The van der Waals surface area contributed by atoms with Crippen LogP contribution < -0.4 is 0 Å². The molecule has 0 radical (unpaired) electrons. The van der Waals surface area contributed by atoms with Crippen molar-refractivity contribution in [3.05, 3.63) is 84.6 Å². The number of benzene rings is 2. The van der Waals surface area contributed by atoms with Gasteiger partial charge in [-0.15, -0.1) is 0 Å². The number of amides is 1. The fraction of sp³-hybridized carbons (Fsp3) is 0.269. The average Bonchev–Trinajstić information content (AvgIpc) is 3.19. The first-order valence-electron chi connectivity index (χ1n) is 11.0. The summed E-state index contributed by atoms with van der Waals surface area (Å²) < 4.78 is 2.01. The molecule has 0 spiro atoms. The lowest BCUT2D eigenvalue weighted by atomic mass is 9.90. The quantitative estimate of drug-likeness (QED) is 0.484. The Morgan fingerprint density at radius 3 is 2.42 bits per heavy atom. The number of aromatic nitrogens is 3. The number of nitrogens with zero attached hydrogens (tertiary/aromatic N) is 4. The van der Waals surface area contributed by atoms with Gasteiger partial charge in [-0.3, -0.25) is 9.78 Å². The van der Waals surface area contributed by atoms with Crippen LogP contribution in [0.25, 0.3) is 22.6 Å². The molecule has 1 aliphatic heterocycles. The van der Waals surface area contributed by atoms with Crippen molar-refractivity contribution in [1.82, 2.24) is 19.4 Å². The fourth-order valence-electron chi connectivity index (χ4n) is 4.50. The van der Waals surface area contributed by atoms with Crippen LogP contribution in [-0.2, 0) is 17.8 Å². The number of carbonyl (C=O) groups is 1. The fourth-order valence-corrected chi connectivity index (χ4v) is 4.50. The van der Waals surface area contributed by atoms with Crippen molar-refractivity contribution in [3.63, 3.8) is 0 Å². The van der Waals surface area contributed by atoms with E-state index in [1.54, 1.807) is 6.20 Å². The SMILES string of the molecule is O=C(Cn1c(-c2ccccn2)nc2ccccc21)N1CCC(Cc2ccccc2)CC1. The maximum atomic E-state index is 13.2. The first-order chi connectivity index (χ1) is 15.3. The molecule has 2 aromatic heterocycles. The van der Waals surface area contributed by atoms with Crippen molar-refractivity contribution in [2.75, 3.05) is 13.1 Å². The van der Waals surface area contributed by atoms with Gasteiger partial charge in [0.2, 0.25) is 5.91 Å². The van der Waals surface area contributed by atoms with E-state index in [9.17, 15) is 4.79 Å². The molecule has 5 heteroatoms. The minimum absolute atomic E-state index is 0.151. The van der Waals surface area contributed by atoms with E-state index in [4.69, 9.17) is 4.98 Å². The van der Waals surface area contributed by atoms with E-state index in [1.165, 1.54) is 5.56 Å². The summed E-state index contributed by atoms with van der Waals surface area (Å²) in [6, 6.07) is 24.4. The number of carbonyl (C=O) groups excluding carboxylic acids is 1. The Balaban J connectivity index is 1.31. The first kappa shape index (κ1) is 19.5. The number of para-hydroxylation sites is 2. The Kier molecular flexibility index (Phi) is 5.48. The maximum absolute atomic E-state index is 13.2. The van der Waals surface area contributed by atoms with Gasteiger partial charge in [0.25, 0.3) is 0 Å². The number of hydrogen-bond donors (Lipinski definition) is 0. The summed E-state index contributed by atoms with van der Waals surface area (Å²) in [6.45, 7) is 1.93. The Labute approximate surface area is 182 Å². The lowest BCUT2D eigenvalue weighted by Gasteiger charge is -2.32. The van der Waals surface area contributed by atoms with Crippen molar-refractivity contribution >= 4 is 16.9 Å². The molecule has 156 valence electrons. The third kappa shape index (κ3) is 4.22. The van der Waals surface area contributed by atoms with Crippen LogP contribution in [0.5, 0.6) is 0 Å². The predicted octanol–water partition coefficient (Wildman–Crippen LogP) is 4.58. The van der Waals surface area contributed by atoms with Gasteiger partial charge in [0.1, 0.15) is 12.2 Å². The predicted molar refractivity (Wildman–Crippen MR) is 122 cm³/mol. The van der Waals surface area contributed by atoms with E-state index in [0.29, 0.717) is 5.92 Å². The van der Waals surface area contributed by atoms with Gasteiger partial charge in [-0.05, 0) is 55.0 Å². The molecule has 3 heterocycles. The lowest BCUT2D eigenvalue weighted by Crippen LogP contribution is -2.40. The van der Waals surface area contributed by atoms with E-state index in [0.717, 1.165) is 54.9 Å². The van der Waals surface area contributed by atoms with Crippen molar-refractivity contribution in [2.45, 2.75) is 25.8 Å². The molecule has 2 aromatic carbocycles. The van der Waals surface area contributed by atoms with E-state index >= 15 is 0 Å². The van der Waals surface area contributed by atoms with Crippen molar-refractivity contribution in [2.24, 2.45) is 5.92 Å². The van der Waals surface area contributed by atoms with Gasteiger partial charge in [-0.1, -0.05) is 48.5 Å². The number of fused-ring (bicyclic) bond motifs is 1. The highest BCUT2D eigenvalue weighted by molar-refractivity contribution is 5.84. The van der Waals surface area contributed by atoms with Gasteiger partial charge >= 0.3 is 0 Å². The van der Waals surface area contributed by atoms with E-state index in [2.05, 4.69) is 35.3 Å². The van der Waals surface area contributed by atoms with Gasteiger partial charge < -0.3 is 9.47 Å². The molecule has 4 aromatic rings. The smallest absolute Gasteiger partial charge is 0.242 e. The molecule has 5 nitrogen and oxygen atoms in total. The minimum atomic E-state index is 0.151. The molecule has 1 fully saturated rings. The van der Waals surface area contributed by atoms with Crippen LogP contribution in [0.2, 0.25) is 0 Å². The number of pyridine rings is 1. The standard InChI is InChI=1S/C26H26N4O/c31-25(29-16-13-21(14-17-29)18-20-8-2-1-3-9-20)19-30-24-12-5-4-10-22(24)28-26(30)23-11-6-7-15-27-23/h1-12,15,21H,13-14,16-19H2. The van der Waals surface area contributed by atoms with Crippen LogP contribution >= 0.6 is 0 Å². The summed E-state index contributed by atoms with van der Waals surface area (Å²) in [5.41, 5.74) is 4.03. The third-order valence-corrected chi connectivity index (χ3v) is 6.18. The molecule has 0 unspecified atom stereocenters. The summed E-state index contributed by atoms with van der Waals surface area (Å²) in [4.78, 5) is 24.5. The highest BCUT2D eigenvalue weighted by Gasteiger charge is 2.24. The second-order valence-electron chi connectivity index (χ2n) is 8.24. The summed E-state index contributed by atoms with van der Waals surface area (Å²) in [5, 5.41) is 0. The summed E-state index contributed by atoms with van der Waals surface area (Å²) >= 11 is 0. The van der Waals surface area contributed by atoms with Gasteiger partial charge in [0.05, 0.1) is 11.0 Å². The Morgan fingerprint density at radius 2 is 1.65 bits per heavy atom. The summed E-state index contributed by atoms with van der Waals surface area (Å²) in [5.74, 6) is 1.54. The zero-order chi connectivity index (χ0) is 21.0. The number of imidazole rings is 1. The van der Waals surface area contributed by atoms with Crippen molar-refractivity contribution in [3.8, 4) is 11.5 Å². The van der Waals surface area contributed by atoms with E-state index < -0.39 is 0 Å². The number of likely N-dealkylation sites (tertiary alicyclic amines) is 1. The summed E-state index contributed by atoms with van der Waals surface area (Å²) in [7, 11) is 0. The Hall–Kier alpha value is -3.47. The van der Waals surface area contributed by atoms with Gasteiger partial charge in [0.15, 0.2) is 5.82 Å². The lowest BCUT2D eigenvalue weighted by molar-refractivity contribution is -0.133. The van der Waals surface area contributed by atoms with Crippen molar-refractivity contribution < 1.29 is 4.79 Å². The highest BCUT2D eigenvalue weighted by atomic mass is 16.2. The van der Waals surface area contributed by atoms with Crippen molar-refractivity contribution in [1.29, 1.82) is 0 Å². The van der Waals surface area contributed by atoms with E-state index in [-0.39, 0.29) is 12.5 Å². The van der Waals surface area contributed by atoms with Crippen LogP contribution in [0.3, 0.4) is 0 Å². The van der Waals surface area contributed by atoms with Gasteiger partial charge in [-0.2, -0.15) is 0 Å². The molecule has 0 N–H and O–H groups in total. The average molecular weight is 411 g/mol. The van der Waals surface area contributed by atoms with E-state index in [1.807, 2.05) is 51.9 Å². The molecular formula is C26H26N4O. The molecule has 31 heavy (non-hydrogen) atoms. The largest absolute Gasteiger partial charge is 0.341 e. The second kappa shape index (κ2) is 8.72. The number of hydrogen-bond acceptors (Lipinski definition) is 3. The highest BCUT2D eigenvalue weighted by Crippen LogP contribution is 2.25. The van der Waals surface area contributed by atoms with Gasteiger partial charge in [-0.25, -0.2) is 4.98 Å². The van der Waals surface area contributed by atoms with Crippen LogP contribution in [-0.4, -0.2) is 38.4 Å². The molecule has 0 atom stereocenters. The zero-order valence-electron chi connectivity index (χ0n) is 17.5. The van der Waals surface area contributed by atoms with Crippen LogP contribution in [0.15, 0.2) is 79.0 Å². The molecule has 0 aliphatic carbocycles. The number of piperidine rings is 1. The van der Waals surface area contributed by atoms with Gasteiger partial charge in [0, 0.05) is 19.3 Å². The topological polar surface area (TPSA) is 51.0 Å². The zero-order valence-corrected chi connectivity index (χ0v) is 17.5. The molecular weight excluding hydrogens is 384 g/mol. The number of rotatable bonds is 5. The molecule has 5 rings (SSSR count). The normalized spacial score (nSPS) is 14.8. The van der Waals surface area contributed by atoms with Crippen LogP contribution in [0.1, 0.15) is 18.4 Å². The van der Waals surface area contributed by atoms with Crippen LogP contribution in [0.4, 0.5) is 0 Å². The third-order valence-electron chi connectivity index (χ3n) is 6.18. The second-order valence-corrected chi connectivity index (χ2v) is 8.24. The monoisotopic (exact) mass is 410 g/mol. The first-order valence-corrected chi connectivity index (χ1v) is 11.0. The minimum Gasteiger partial charge on any atom is -0.341 e. The Morgan fingerprint density at radius 1 is 0.903 bits per heavy atom. The maximum Gasteiger partial charge on any atom is 0.242 e. The Bertz CT molecular complexity index is 1160. The molecule has 1 aliphatic rings. The molecule has 0 bridgehead atoms. The molecule has 1 amide bonds. The summed E-state index contributed by atoms with van der Waals surface area (Å²) in [6.07, 6.45) is 4.97. The van der Waals surface area contributed by atoms with Crippen LogP contribution in [0, 0.1) is 5.92 Å².